The van der Waals surface area contributed by atoms with E-state index in [2.05, 4.69) is 10.4 Å². The number of anilines is 1. The predicted molar refractivity (Wildman–Crippen MR) is 104 cm³/mol. The molecule has 1 aromatic heterocycles. The minimum atomic E-state index is -1.18. The number of benzene rings is 1. The molecule has 1 aromatic carbocycles. The van der Waals surface area contributed by atoms with Crippen LogP contribution in [0.2, 0.25) is 0 Å². The standard InChI is InChI=1S/C19H24N4O5/c1-19(2,3)28-18(27)22-14(17(25)26)9-11-5-7-12(8-6-11)15-13(20)10-21-23(4)16(15)24/h5-8,10,14H,9,20H2,1-4H3,(H,22,27)(H,25,26)/t14-/m0/s1. The van der Waals surface area contributed by atoms with Gasteiger partial charge in [0.15, 0.2) is 0 Å². The molecule has 2 rings (SSSR count). The number of carbonyl (C=O) groups excluding carboxylic acids is 1. The Morgan fingerprint density at radius 2 is 1.89 bits per heavy atom. The highest BCUT2D eigenvalue weighted by Gasteiger charge is 2.24. The van der Waals surface area contributed by atoms with Crippen LogP contribution in [0.4, 0.5) is 10.5 Å². The van der Waals surface area contributed by atoms with E-state index in [4.69, 9.17) is 10.5 Å². The first-order valence-corrected chi connectivity index (χ1v) is 8.61. The number of aliphatic carboxylic acids is 1. The molecule has 0 spiro atoms. The Balaban J connectivity index is 2.18. The number of nitrogens with zero attached hydrogens (tertiary/aromatic N) is 2. The lowest BCUT2D eigenvalue weighted by atomic mass is 10.0. The van der Waals surface area contributed by atoms with Gasteiger partial charge in [-0.15, -0.1) is 0 Å². The van der Waals surface area contributed by atoms with Gasteiger partial charge in [0.25, 0.3) is 5.56 Å². The summed E-state index contributed by atoms with van der Waals surface area (Å²) in [7, 11) is 1.53. The summed E-state index contributed by atoms with van der Waals surface area (Å²) in [4.78, 5) is 35.6. The van der Waals surface area contributed by atoms with E-state index in [1.165, 1.54) is 17.9 Å². The topological polar surface area (TPSA) is 137 Å². The second kappa shape index (κ2) is 8.12. The van der Waals surface area contributed by atoms with Crippen molar-refractivity contribution in [2.24, 2.45) is 7.05 Å². The molecule has 0 aliphatic heterocycles. The number of aromatic nitrogens is 2. The van der Waals surface area contributed by atoms with Crippen LogP contribution in [0, 0.1) is 0 Å². The van der Waals surface area contributed by atoms with Gasteiger partial charge in [0.2, 0.25) is 0 Å². The summed E-state index contributed by atoms with van der Waals surface area (Å²) < 4.78 is 6.29. The maximum atomic E-state index is 12.3. The van der Waals surface area contributed by atoms with Crippen molar-refractivity contribution < 1.29 is 19.4 Å². The number of carboxylic acid groups (broad SMARTS) is 1. The van der Waals surface area contributed by atoms with E-state index in [0.717, 1.165) is 0 Å². The van der Waals surface area contributed by atoms with Gasteiger partial charge in [-0.25, -0.2) is 14.3 Å². The molecule has 28 heavy (non-hydrogen) atoms. The Morgan fingerprint density at radius 1 is 1.29 bits per heavy atom. The number of amides is 1. The molecule has 150 valence electrons. The summed E-state index contributed by atoms with van der Waals surface area (Å²) in [5.74, 6) is -1.18. The van der Waals surface area contributed by atoms with Gasteiger partial charge in [0, 0.05) is 13.5 Å². The molecule has 0 bridgehead atoms. The van der Waals surface area contributed by atoms with Crippen molar-refractivity contribution in [3.05, 3.63) is 46.4 Å². The fourth-order valence-corrected chi connectivity index (χ4v) is 2.53. The fourth-order valence-electron chi connectivity index (χ4n) is 2.53. The maximum Gasteiger partial charge on any atom is 0.408 e. The van der Waals surface area contributed by atoms with Crippen LogP contribution >= 0.6 is 0 Å². The number of aryl methyl sites for hydroxylation is 1. The number of carbonyl (C=O) groups is 2. The lowest BCUT2D eigenvalue weighted by Gasteiger charge is -2.22. The molecule has 0 fully saturated rings. The quantitative estimate of drug-likeness (QED) is 0.707. The lowest BCUT2D eigenvalue weighted by molar-refractivity contribution is -0.139. The van der Waals surface area contributed by atoms with Crippen molar-refractivity contribution in [1.82, 2.24) is 15.1 Å². The van der Waals surface area contributed by atoms with Gasteiger partial charge in [0.05, 0.1) is 17.4 Å². The van der Waals surface area contributed by atoms with Crippen molar-refractivity contribution in [2.45, 2.75) is 38.8 Å². The highest BCUT2D eigenvalue weighted by Crippen LogP contribution is 2.22. The molecule has 9 heteroatoms. The summed E-state index contributed by atoms with van der Waals surface area (Å²) in [6.45, 7) is 5.07. The molecule has 2 aromatic rings. The zero-order chi connectivity index (χ0) is 21.1. The minimum absolute atomic E-state index is 0.0543. The number of alkyl carbamates (subject to hydrolysis) is 1. The van der Waals surface area contributed by atoms with Gasteiger partial charge in [-0.3, -0.25) is 4.79 Å². The Morgan fingerprint density at radius 3 is 2.43 bits per heavy atom. The van der Waals surface area contributed by atoms with Gasteiger partial charge in [-0.2, -0.15) is 5.10 Å². The molecule has 4 N–H and O–H groups in total. The normalized spacial score (nSPS) is 12.3. The number of nitrogen functional groups attached to an aromatic ring is 1. The van der Waals surface area contributed by atoms with Crippen molar-refractivity contribution in [3.63, 3.8) is 0 Å². The first-order valence-electron chi connectivity index (χ1n) is 8.61. The zero-order valence-corrected chi connectivity index (χ0v) is 16.2. The molecule has 0 unspecified atom stereocenters. The largest absolute Gasteiger partial charge is 0.480 e. The number of nitrogens with two attached hydrogens (primary N) is 1. The van der Waals surface area contributed by atoms with E-state index in [0.29, 0.717) is 16.7 Å². The molecule has 1 amide bonds. The summed E-state index contributed by atoms with van der Waals surface area (Å²) in [6.07, 6.45) is 0.652. The highest BCUT2D eigenvalue weighted by atomic mass is 16.6. The van der Waals surface area contributed by atoms with Gasteiger partial charge >= 0.3 is 12.1 Å². The van der Waals surface area contributed by atoms with Crippen LogP contribution in [0.25, 0.3) is 11.1 Å². The molecular formula is C19H24N4O5. The summed E-state index contributed by atoms with van der Waals surface area (Å²) in [5.41, 5.74) is 6.65. The van der Waals surface area contributed by atoms with E-state index >= 15 is 0 Å². The second-order valence-electron chi connectivity index (χ2n) is 7.34. The Bertz CT molecular complexity index is 929. The van der Waals surface area contributed by atoms with E-state index in [9.17, 15) is 19.5 Å². The van der Waals surface area contributed by atoms with E-state index in [1.807, 2.05) is 0 Å². The van der Waals surface area contributed by atoms with E-state index in [1.54, 1.807) is 45.0 Å². The van der Waals surface area contributed by atoms with Crippen LogP contribution in [0.1, 0.15) is 26.3 Å². The number of rotatable bonds is 5. The number of ether oxygens (including phenoxy) is 1. The lowest BCUT2D eigenvalue weighted by Crippen LogP contribution is -2.44. The number of hydrogen-bond donors (Lipinski definition) is 3. The van der Waals surface area contributed by atoms with Crippen LogP contribution in [-0.2, 0) is 23.0 Å². The summed E-state index contributed by atoms with van der Waals surface area (Å²) in [5, 5.41) is 15.6. The molecule has 0 aliphatic rings. The Kier molecular flexibility index (Phi) is 6.07. The van der Waals surface area contributed by atoms with Gasteiger partial charge in [-0.05, 0) is 31.9 Å². The maximum absolute atomic E-state index is 12.3. The predicted octanol–water partition coefficient (Wildman–Crippen LogP) is 1.55. The Hall–Kier alpha value is -3.36. The number of hydrogen-bond acceptors (Lipinski definition) is 6. The zero-order valence-electron chi connectivity index (χ0n) is 16.2. The smallest absolute Gasteiger partial charge is 0.408 e. The average molecular weight is 388 g/mol. The summed E-state index contributed by atoms with van der Waals surface area (Å²) in [6, 6.07) is 5.56. The van der Waals surface area contributed by atoms with Gasteiger partial charge < -0.3 is 20.9 Å². The Labute approximate surface area is 162 Å². The monoisotopic (exact) mass is 388 g/mol. The van der Waals surface area contributed by atoms with Crippen molar-refractivity contribution in [2.75, 3.05) is 5.73 Å². The minimum Gasteiger partial charge on any atom is -0.480 e. The second-order valence-corrected chi connectivity index (χ2v) is 7.34. The first kappa shape index (κ1) is 20.9. The number of nitrogens with one attached hydrogen (secondary N) is 1. The van der Waals surface area contributed by atoms with Crippen LogP contribution in [0.3, 0.4) is 0 Å². The third kappa shape index (κ3) is 5.32. The number of carboxylic acids is 1. The van der Waals surface area contributed by atoms with Gasteiger partial charge in [-0.1, -0.05) is 24.3 Å². The molecule has 1 heterocycles. The SMILES string of the molecule is Cn1ncc(N)c(-c2ccc(C[C@H](NC(=O)OC(C)(C)C)C(=O)O)cc2)c1=O. The molecule has 0 radical (unpaired) electrons. The molecular weight excluding hydrogens is 364 g/mol. The van der Waals surface area contributed by atoms with Gasteiger partial charge in [0.1, 0.15) is 11.6 Å². The van der Waals surface area contributed by atoms with Crippen molar-refractivity contribution >= 4 is 17.7 Å². The highest BCUT2D eigenvalue weighted by molar-refractivity contribution is 5.80. The van der Waals surface area contributed by atoms with Crippen LogP contribution in [0.5, 0.6) is 0 Å². The fraction of sp³-hybridized carbons (Fsp3) is 0.368. The molecule has 0 aliphatic carbocycles. The van der Waals surface area contributed by atoms with Crippen LogP contribution in [-0.4, -0.2) is 38.6 Å². The van der Waals surface area contributed by atoms with Crippen LogP contribution < -0.4 is 16.6 Å². The van der Waals surface area contributed by atoms with Crippen LogP contribution in [0.15, 0.2) is 35.3 Å². The van der Waals surface area contributed by atoms with Crippen molar-refractivity contribution in [1.29, 1.82) is 0 Å². The average Bonchev–Trinajstić information content (AvgIpc) is 2.57. The molecule has 0 saturated heterocycles. The van der Waals surface area contributed by atoms with Crippen molar-refractivity contribution in [3.8, 4) is 11.1 Å². The third-order valence-electron chi connectivity index (χ3n) is 3.84. The first-order chi connectivity index (χ1) is 13.0. The summed E-state index contributed by atoms with van der Waals surface area (Å²) >= 11 is 0. The van der Waals surface area contributed by atoms with E-state index < -0.39 is 23.7 Å². The molecule has 1 atom stereocenters. The molecule has 0 saturated carbocycles. The molecule has 9 nitrogen and oxygen atoms in total. The third-order valence-corrected chi connectivity index (χ3v) is 3.84. The van der Waals surface area contributed by atoms with E-state index in [-0.39, 0.29) is 17.7 Å².